The summed E-state index contributed by atoms with van der Waals surface area (Å²) in [6, 6.07) is 0. The van der Waals surface area contributed by atoms with E-state index < -0.39 is 0 Å². The van der Waals surface area contributed by atoms with Crippen LogP contribution in [0.1, 0.15) is 27.2 Å². The zero-order valence-corrected chi connectivity index (χ0v) is 8.68. The molecule has 0 saturated heterocycles. The number of rotatable bonds is 5. The largest absolute Gasteiger partial charge is 0.385 e. The van der Waals surface area contributed by atoms with Gasteiger partial charge in [-0.25, -0.2) is 0 Å². The van der Waals surface area contributed by atoms with Crippen molar-refractivity contribution in [2.75, 3.05) is 33.9 Å². The molecule has 0 atom stereocenters. The van der Waals surface area contributed by atoms with E-state index in [1.54, 1.807) is 7.11 Å². The Morgan fingerprint density at radius 2 is 1.82 bits per heavy atom. The molecule has 11 heavy (non-hydrogen) atoms. The molecule has 2 nitrogen and oxygen atoms in total. The van der Waals surface area contributed by atoms with Crippen LogP contribution in [0.25, 0.3) is 0 Å². The maximum absolute atomic E-state index is 4.91. The summed E-state index contributed by atoms with van der Waals surface area (Å²) < 4.78 is 4.91. The van der Waals surface area contributed by atoms with Crippen molar-refractivity contribution in [1.29, 1.82) is 0 Å². The molecule has 0 bridgehead atoms. The van der Waals surface area contributed by atoms with Gasteiger partial charge in [0.15, 0.2) is 0 Å². The van der Waals surface area contributed by atoms with Gasteiger partial charge in [0.25, 0.3) is 0 Å². The first-order chi connectivity index (χ1) is 5.31. The van der Waals surface area contributed by atoms with Crippen molar-refractivity contribution in [3.63, 3.8) is 0 Å². The van der Waals surface area contributed by atoms with E-state index >= 15 is 0 Å². The Hall–Kier alpha value is -0.0800. The van der Waals surface area contributed by atoms with Gasteiger partial charge in [-0.1, -0.05) is 20.8 Å². The summed E-state index contributed by atoms with van der Waals surface area (Å²) in [4.78, 5) is 2.28. The van der Waals surface area contributed by atoms with Gasteiger partial charge in [-0.15, -0.1) is 0 Å². The van der Waals surface area contributed by atoms with Crippen LogP contribution in [0.5, 0.6) is 0 Å². The highest BCUT2D eigenvalue weighted by Crippen LogP contribution is 1.85. The molecule has 0 radical (unpaired) electrons. The first kappa shape index (κ1) is 13.5. The number of ether oxygens (including phenoxy) is 1. The summed E-state index contributed by atoms with van der Waals surface area (Å²) in [5.41, 5.74) is 0. The fourth-order valence-electron chi connectivity index (χ4n) is 0.637. The molecule has 2 heteroatoms. The van der Waals surface area contributed by atoms with Crippen molar-refractivity contribution in [2.24, 2.45) is 0 Å². The second-order valence-electron chi connectivity index (χ2n) is 2.24. The summed E-state index contributed by atoms with van der Waals surface area (Å²) in [5, 5.41) is 0. The average molecular weight is 161 g/mol. The van der Waals surface area contributed by atoms with E-state index in [1.165, 1.54) is 0 Å². The second-order valence-corrected chi connectivity index (χ2v) is 2.24. The van der Waals surface area contributed by atoms with E-state index in [0.717, 1.165) is 26.1 Å². The molecule has 0 N–H and O–H groups in total. The Kier molecular flexibility index (Phi) is 15.4. The Balaban J connectivity index is 0. The van der Waals surface area contributed by atoms with Crippen LogP contribution in [0, 0.1) is 0 Å². The van der Waals surface area contributed by atoms with Crippen LogP contribution in [0.4, 0.5) is 0 Å². The van der Waals surface area contributed by atoms with E-state index in [-0.39, 0.29) is 0 Å². The summed E-state index contributed by atoms with van der Waals surface area (Å²) in [7, 11) is 3.86. The van der Waals surface area contributed by atoms with E-state index in [4.69, 9.17) is 4.74 Å². The van der Waals surface area contributed by atoms with Gasteiger partial charge in [-0.05, 0) is 20.0 Å². The molecule has 70 valence electrons. The zero-order valence-electron chi connectivity index (χ0n) is 8.68. The van der Waals surface area contributed by atoms with Crippen LogP contribution < -0.4 is 0 Å². The predicted molar refractivity (Wildman–Crippen MR) is 51.0 cm³/mol. The summed E-state index contributed by atoms with van der Waals surface area (Å²) in [6.45, 7) is 9.31. The lowest BCUT2D eigenvalue weighted by Gasteiger charge is -2.12. The molecule has 0 heterocycles. The summed E-state index contributed by atoms with van der Waals surface area (Å²) in [6.07, 6.45) is 1.14. The Morgan fingerprint density at radius 1 is 1.27 bits per heavy atom. The van der Waals surface area contributed by atoms with Crippen LogP contribution in [-0.4, -0.2) is 38.8 Å². The number of hydrogen-bond acceptors (Lipinski definition) is 2. The van der Waals surface area contributed by atoms with Crippen LogP contribution in [0.3, 0.4) is 0 Å². The molecule has 0 aliphatic rings. The minimum atomic E-state index is 0.879. The lowest BCUT2D eigenvalue weighted by atomic mass is 10.4. The first-order valence-corrected chi connectivity index (χ1v) is 4.48. The lowest BCUT2D eigenvalue weighted by Crippen LogP contribution is -2.19. The lowest BCUT2D eigenvalue weighted by molar-refractivity contribution is 0.181. The SMILES string of the molecule is CC.CCN(C)CCCOC. The quantitative estimate of drug-likeness (QED) is 0.572. The van der Waals surface area contributed by atoms with Crippen molar-refractivity contribution >= 4 is 0 Å². The minimum Gasteiger partial charge on any atom is -0.385 e. The van der Waals surface area contributed by atoms with E-state index in [9.17, 15) is 0 Å². The molecular formula is C9H23NO. The second kappa shape index (κ2) is 12.6. The summed E-state index contributed by atoms with van der Waals surface area (Å²) >= 11 is 0. The van der Waals surface area contributed by atoms with Gasteiger partial charge in [0.05, 0.1) is 0 Å². The molecule has 0 aromatic rings. The van der Waals surface area contributed by atoms with Crippen molar-refractivity contribution in [2.45, 2.75) is 27.2 Å². The number of methoxy groups -OCH3 is 1. The molecule has 0 unspecified atom stereocenters. The standard InChI is InChI=1S/C7H17NO.C2H6/c1-4-8(2)6-5-7-9-3;1-2/h4-7H2,1-3H3;1-2H3. The van der Waals surface area contributed by atoms with Crippen molar-refractivity contribution in [3.05, 3.63) is 0 Å². The molecule has 0 fully saturated rings. The molecule has 0 saturated carbocycles. The van der Waals surface area contributed by atoms with Gasteiger partial charge in [0, 0.05) is 20.3 Å². The molecule has 0 aromatic heterocycles. The van der Waals surface area contributed by atoms with Crippen LogP contribution in [-0.2, 0) is 4.74 Å². The average Bonchev–Trinajstić information content (AvgIpc) is 2.08. The minimum absolute atomic E-state index is 0.879. The normalized spacial score (nSPS) is 9.27. The molecule has 0 aliphatic carbocycles. The molecule has 0 amide bonds. The highest BCUT2D eigenvalue weighted by atomic mass is 16.5. The Morgan fingerprint density at radius 3 is 2.18 bits per heavy atom. The molecule has 0 aliphatic heterocycles. The maximum Gasteiger partial charge on any atom is 0.0474 e. The van der Waals surface area contributed by atoms with Crippen LogP contribution >= 0.6 is 0 Å². The molecular weight excluding hydrogens is 138 g/mol. The van der Waals surface area contributed by atoms with Gasteiger partial charge in [-0.3, -0.25) is 0 Å². The third-order valence-corrected chi connectivity index (χ3v) is 1.43. The summed E-state index contributed by atoms with van der Waals surface area (Å²) in [5.74, 6) is 0. The van der Waals surface area contributed by atoms with Crippen molar-refractivity contribution in [1.82, 2.24) is 4.90 Å². The van der Waals surface area contributed by atoms with Gasteiger partial charge in [-0.2, -0.15) is 0 Å². The third kappa shape index (κ3) is 13.0. The van der Waals surface area contributed by atoms with E-state index in [0.29, 0.717) is 0 Å². The van der Waals surface area contributed by atoms with Crippen LogP contribution in [0.15, 0.2) is 0 Å². The van der Waals surface area contributed by atoms with Crippen LogP contribution in [0.2, 0.25) is 0 Å². The maximum atomic E-state index is 4.91. The topological polar surface area (TPSA) is 12.5 Å². The number of hydrogen-bond donors (Lipinski definition) is 0. The highest BCUT2D eigenvalue weighted by Gasteiger charge is 1.91. The Labute approximate surface area is 71.5 Å². The number of nitrogens with zero attached hydrogens (tertiary/aromatic N) is 1. The smallest absolute Gasteiger partial charge is 0.0474 e. The molecule has 0 spiro atoms. The first-order valence-electron chi connectivity index (χ1n) is 4.48. The van der Waals surface area contributed by atoms with E-state index in [1.807, 2.05) is 13.8 Å². The third-order valence-electron chi connectivity index (χ3n) is 1.43. The fourth-order valence-corrected chi connectivity index (χ4v) is 0.637. The molecule has 0 aromatic carbocycles. The predicted octanol–water partition coefficient (Wildman–Crippen LogP) is 2.00. The van der Waals surface area contributed by atoms with Crippen molar-refractivity contribution < 1.29 is 4.74 Å². The highest BCUT2D eigenvalue weighted by molar-refractivity contribution is 4.45. The van der Waals surface area contributed by atoms with Gasteiger partial charge in [0.2, 0.25) is 0 Å². The van der Waals surface area contributed by atoms with Crippen molar-refractivity contribution in [3.8, 4) is 0 Å². The van der Waals surface area contributed by atoms with Gasteiger partial charge >= 0.3 is 0 Å². The van der Waals surface area contributed by atoms with Gasteiger partial charge < -0.3 is 9.64 Å². The molecule has 0 rings (SSSR count). The van der Waals surface area contributed by atoms with E-state index in [2.05, 4.69) is 18.9 Å². The Bertz CT molecular complexity index is 57.5. The monoisotopic (exact) mass is 161 g/mol. The fraction of sp³-hybridized carbons (Fsp3) is 1.00. The van der Waals surface area contributed by atoms with Gasteiger partial charge in [0.1, 0.15) is 0 Å². The zero-order chi connectivity index (χ0) is 9.11.